The maximum Gasteiger partial charge on any atom is 0.307 e. The van der Waals surface area contributed by atoms with Crippen molar-refractivity contribution >= 4 is 11.9 Å². The third-order valence-corrected chi connectivity index (χ3v) is 1.39. The van der Waals surface area contributed by atoms with Gasteiger partial charge in [-0.3, -0.25) is 9.59 Å². The van der Waals surface area contributed by atoms with Gasteiger partial charge in [0.2, 0.25) is 0 Å². The molecule has 0 aliphatic heterocycles. The van der Waals surface area contributed by atoms with Gasteiger partial charge < -0.3 is 9.47 Å². The minimum atomic E-state index is -0.212. The van der Waals surface area contributed by atoms with Crippen LogP contribution >= 0.6 is 0 Å². The Morgan fingerprint density at radius 2 is 1.93 bits per heavy atom. The van der Waals surface area contributed by atoms with E-state index in [1.165, 1.54) is 13.8 Å². The number of carbonyl (C=O) groups excluding carboxylic acids is 2. The van der Waals surface area contributed by atoms with E-state index >= 15 is 0 Å². The van der Waals surface area contributed by atoms with Crippen molar-refractivity contribution in [1.29, 1.82) is 0 Å². The van der Waals surface area contributed by atoms with Crippen molar-refractivity contribution in [3.63, 3.8) is 0 Å². The second-order valence-corrected chi connectivity index (χ2v) is 2.73. The van der Waals surface area contributed by atoms with Gasteiger partial charge in [0, 0.05) is 20.3 Å². The molecule has 1 rings (SSSR count). The molecule has 14 heavy (non-hydrogen) atoms. The number of ether oxygens (including phenoxy) is 2. The molecule has 1 aliphatic rings. The van der Waals surface area contributed by atoms with E-state index in [2.05, 4.69) is 4.74 Å². The van der Waals surface area contributed by atoms with E-state index in [0.29, 0.717) is 6.61 Å². The highest BCUT2D eigenvalue weighted by atomic mass is 16.5. The molecule has 0 saturated carbocycles. The van der Waals surface area contributed by atoms with Crippen LogP contribution in [-0.2, 0) is 19.1 Å². The Hall–Kier alpha value is -1.32. The molecule has 0 radical (unpaired) electrons. The van der Waals surface area contributed by atoms with Crippen LogP contribution in [0.25, 0.3) is 0 Å². The average Bonchev–Trinajstić information content (AvgIpc) is 1.98. The molecule has 0 fully saturated rings. The SMILES string of the molecule is CC(=O)OC1=CCC1.CCOC(C)=O. The Morgan fingerprint density at radius 3 is 2.00 bits per heavy atom. The van der Waals surface area contributed by atoms with Gasteiger partial charge in [0.05, 0.1) is 6.61 Å². The van der Waals surface area contributed by atoms with Crippen LogP contribution in [-0.4, -0.2) is 18.5 Å². The largest absolute Gasteiger partial charge is 0.466 e. The lowest BCUT2D eigenvalue weighted by molar-refractivity contribution is -0.140. The predicted octanol–water partition coefficient (Wildman–Crippen LogP) is 1.80. The van der Waals surface area contributed by atoms with Gasteiger partial charge in [-0.1, -0.05) is 0 Å². The zero-order chi connectivity index (χ0) is 11.0. The monoisotopic (exact) mass is 200 g/mol. The Labute approximate surface area is 83.9 Å². The quantitative estimate of drug-likeness (QED) is 0.638. The van der Waals surface area contributed by atoms with Crippen LogP contribution in [0, 0.1) is 0 Å². The Morgan fingerprint density at radius 1 is 1.36 bits per heavy atom. The van der Waals surface area contributed by atoms with Crippen LogP contribution in [0.1, 0.15) is 33.6 Å². The number of rotatable bonds is 2. The number of hydrogen-bond acceptors (Lipinski definition) is 4. The van der Waals surface area contributed by atoms with Crippen molar-refractivity contribution in [1.82, 2.24) is 0 Å². The first kappa shape index (κ1) is 12.7. The normalized spacial score (nSPS) is 12.6. The molecule has 0 aromatic carbocycles. The number of allylic oxidation sites excluding steroid dienone is 2. The highest BCUT2D eigenvalue weighted by Crippen LogP contribution is 2.18. The standard InChI is InChI=1S/C6H8O2.C4H8O2/c1-5(7)8-6-3-2-4-6;1-3-6-4(2)5/h3H,2,4H2,1H3;3H2,1-2H3. The van der Waals surface area contributed by atoms with Crippen LogP contribution in [0.2, 0.25) is 0 Å². The molecule has 4 nitrogen and oxygen atoms in total. The molecule has 0 saturated heterocycles. The zero-order valence-electron chi connectivity index (χ0n) is 8.83. The van der Waals surface area contributed by atoms with Crippen LogP contribution in [0.15, 0.2) is 11.8 Å². The highest BCUT2D eigenvalue weighted by Gasteiger charge is 2.07. The van der Waals surface area contributed by atoms with Crippen molar-refractivity contribution < 1.29 is 19.1 Å². The Balaban J connectivity index is 0.000000255. The second-order valence-electron chi connectivity index (χ2n) is 2.73. The fraction of sp³-hybridized carbons (Fsp3) is 0.600. The smallest absolute Gasteiger partial charge is 0.307 e. The average molecular weight is 200 g/mol. The molecule has 80 valence electrons. The molecule has 0 aromatic heterocycles. The van der Waals surface area contributed by atoms with Crippen molar-refractivity contribution in [3.05, 3.63) is 11.8 Å². The molecular formula is C10H16O4. The first-order valence-corrected chi connectivity index (χ1v) is 4.57. The van der Waals surface area contributed by atoms with E-state index in [9.17, 15) is 9.59 Å². The third-order valence-electron chi connectivity index (χ3n) is 1.39. The van der Waals surface area contributed by atoms with Gasteiger partial charge in [0.15, 0.2) is 0 Å². The fourth-order valence-electron chi connectivity index (χ4n) is 0.743. The minimum Gasteiger partial charge on any atom is -0.466 e. The van der Waals surface area contributed by atoms with Gasteiger partial charge in [0.25, 0.3) is 0 Å². The minimum absolute atomic E-state index is 0.211. The summed E-state index contributed by atoms with van der Waals surface area (Å²) in [6.07, 6.45) is 3.91. The molecular weight excluding hydrogens is 184 g/mol. The molecule has 0 aromatic rings. The second kappa shape index (κ2) is 7.12. The summed E-state index contributed by atoms with van der Waals surface area (Å²) >= 11 is 0. The molecule has 0 unspecified atom stereocenters. The Bertz CT molecular complexity index is 230. The zero-order valence-corrected chi connectivity index (χ0v) is 8.83. The molecule has 1 aliphatic carbocycles. The first-order chi connectivity index (χ1) is 6.56. The van der Waals surface area contributed by atoms with Crippen molar-refractivity contribution in [2.24, 2.45) is 0 Å². The number of carbonyl (C=O) groups is 2. The van der Waals surface area contributed by atoms with Crippen molar-refractivity contribution in [2.75, 3.05) is 6.61 Å². The number of hydrogen-bond donors (Lipinski definition) is 0. The van der Waals surface area contributed by atoms with Crippen molar-refractivity contribution in [2.45, 2.75) is 33.6 Å². The van der Waals surface area contributed by atoms with E-state index in [-0.39, 0.29) is 11.9 Å². The van der Waals surface area contributed by atoms with Gasteiger partial charge >= 0.3 is 11.9 Å². The lowest BCUT2D eigenvalue weighted by atomic mass is 10.1. The van der Waals surface area contributed by atoms with Crippen LogP contribution in [0.5, 0.6) is 0 Å². The molecule has 0 bridgehead atoms. The maximum absolute atomic E-state index is 10.2. The summed E-state index contributed by atoms with van der Waals surface area (Å²) in [5.41, 5.74) is 0. The van der Waals surface area contributed by atoms with Gasteiger partial charge in [-0.25, -0.2) is 0 Å². The molecule has 0 amide bonds. The fourth-order valence-corrected chi connectivity index (χ4v) is 0.743. The summed E-state index contributed by atoms with van der Waals surface area (Å²) in [5.74, 6) is 0.408. The summed E-state index contributed by atoms with van der Waals surface area (Å²) in [4.78, 5) is 20.0. The summed E-state index contributed by atoms with van der Waals surface area (Å²) in [5, 5.41) is 0. The van der Waals surface area contributed by atoms with E-state index in [1.54, 1.807) is 6.92 Å². The Kier molecular flexibility index (Phi) is 6.45. The number of esters is 2. The van der Waals surface area contributed by atoms with Crippen LogP contribution in [0.4, 0.5) is 0 Å². The van der Waals surface area contributed by atoms with Crippen molar-refractivity contribution in [3.8, 4) is 0 Å². The van der Waals surface area contributed by atoms with E-state index < -0.39 is 0 Å². The van der Waals surface area contributed by atoms with Crippen LogP contribution in [0.3, 0.4) is 0 Å². The molecule has 4 heteroatoms. The highest BCUT2D eigenvalue weighted by molar-refractivity contribution is 5.67. The molecule has 0 N–H and O–H groups in total. The summed E-state index contributed by atoms with van der Waals surface area (Å²) in [6.45, 7) is 5.07. The third kappa shape index (κ3) is 7.34. The predicted molar refractivity (Wildman–Crippen MR) is 51.4 cm³/mol. The topological polar surface area (TPSA) is 52.6 Å². The summed E-state index contributed by atoms with van der Waals surface area (Å²) < 4.78 is 9.11. The van der Waals surface area contributed by atoms with E-state index in [4.69, 9.17) is 4.74 Å². The lowest BCUT2D eigenvalue weighted by Crippen LogP contribution is -2.03. The van der Waals surface area contributed by atoms with Gasteiger partial charge in [-0.2, -0.15) is 0 Å². The summed E-state index contributed by atoms with van der Waals surface area (Å²) in [7, 11) is 0. The summed E-state index contributed by atoms with van der Waals surface area (Å²) in [6, 6.07) is 0. The lowest BCUT2D eigenvalue weighted by Gasteiger charge is -2.11. The molecule has 0 atom stereocenters. The van der Waals surface area contributed by atoms with Gasteiger partial charge in [0.1, 0.15) is 5.76 Å². The van der Waals surface area contributed by atoms with E-state index in [0.717, 1.165) is 18.6 Å². The van der Waals surface area contributed by atoms with Crippen LogP contribution < -0.4 is 0 Å². The van der Waals surface area contributed by atoms with Gasteiger partial charge in [-0.15, -0.1) is 0 Å². The molecule has 0 heterocycles. The molecule has 0 spiro atoms. The maximum atomic E-state index is 10.2. The first-order valence-electron chi connectivity index (χ1n) is 4.57. The van der Waals surface area contributed by atoms with Gasteiger partial charge in [-0.05, 0) is 19.4 Å². The van der Waals surface area contributed by atoms with E-state index in [1.807, 2.05) is 6.08 Å².